The summed E-state index contributed by atoms with van der Waals surface area (Å²) >= 11 is 1.42. The molecule has 0 radical (unpaired) electrons. The SMILES string of the molecule is CCOc1ccccc1-n1c(SCc2cc(=O)oc3cc4c(cc23)CCC4)nc2ccccc2c1=O. The topological polar surface area (TPSA) is 74.3 Å². The summed E-state index contributed by atoms with van der Waals surface area (Å²) < 4.78 is 13.0. The number of hydrogen-bond donors (Lipinski definition) is 0. The smallest absolute Gasteiger partial charge is 0.336 e. The summed E-state index contributed by atoms with van der Waals surface area (Å²) in [5, 5.41) is 2.01. The molecule has 0 N–H and O–H groups in total. The van der Waals surface area contributed by atoms with Gasteiger partial charge in [-0.1, -0.05) is 36.0 Å². The molecule has 0 saturated carbocycles. The standard InChI is InChI=1S/C29H24N2O4S/c1-2-34-25-13-6-5-12-24(25)31-28(33)21-10-3-4-11-23(21)30-29(31)36-17-20-16-27(32)35-26-15-19-9-7-8-18(19)14-22(20)26/h3-6,10-16H,2,7-9,17H2,1H3. The van der Waals surface area contributed by atoms with Gasteiger partial charge in [-0.05, 0) is 79.3 Å². The van der Waals surface area contributed by atoms with Crippen LogP contribution >= 0.6 is 11.8 Å². The maximum Gasteiger partial charge on any atom is 0.336 e. The summed E-state index contributed by atoms with van der Waals surface area (Å²) in [7, 11) is 0. The lowest BCUT2D eigenvalue weighted by molar-refractivity contribution is 0.338. The van der Waals surface area contributed by atoms with Gasteiger partial charge >= 0.3 is 5.63 Å². The molecule has 0 bridgehead atoms. The Morgan fingerprint density at radius 3 is 2.61 bits per heavy atom. The second-order valence-electron chi connectivity index (χ2n) is 8.80. The average molecular weight is 497 g/mol. The molecule has 180 valence electrons. The van der Waals surface area contributed by atoms with Crippen LogP contribution < -0.4 is 15.9 Å². The number of para-hydroxylation sites is 3. The van der Waals surface area contributed by atoms with Gasteiger partial charge in [-0.15, -0.1) is 0 Å². The maximum atomic E-state index is 13.7. The highest BCUT2D eigenvalue weighted by Crippen LogP contribution is 2.33. The van der Waals surface area contributed by atoms with E-state index in [0.717, 1.165) is 30.2 Å². The third-order valence-corrected chi connectivity index (χ3v) is 7.54. The molecule has 1 aliphatic carbocycles. The Labute approximate surface area is 211 Å². The molecule has 0 unspecified atom stereocenters. The molecular weight excluding hydrogens is 472 g/mol. The largest absolute Gasteiger partial charge is 0.492 e. The summed E-state index contributed by atoms with van der Waals surface area (Å²) in [5.74, 6) is 1.07. The molecule has 0 saturated heterocycles. The van der Waals surface area contributed by atoms with Gasteiger partial charge in [0.05, 0.1) is 23.2 Å². The molecule has 5 aromatic rings. The zero-order valence-corrected chi connectivity index (χ0v) is 20.6. The Bertz CT molecular complexity index is 1740. The van der Waals surface area contributed by atoms with E-state index in [2.05, 4.69) is 6.07 Å². The molecule has 2 aromatic heterocycles. The van der Waals surface area contributed by atoms with Crippen molar-refractivity contribution in [2.75, 3.05) is 6.61 Å². The molecule has 0 aliphatic heterocycles. The van der Waals surface area contributed by atoms with E-state index in [1.54, 1.807) is 16.7 Å². The van der Waals surface area contributed by atoms with Crippen molar-refractivity contribution in [3.8, 4) is 11.4 Å². The molecule has 2 heterocycles. The van der Waals surface area contributed by atoms with Gasteiger partial charge in [0.2, 0.25) is 0 Å². The summed E-state index contributed by atoms with van der Waals surface area (Å²) in [4.78, 5) is 30.9. The van der Waals surface area contributed by atoms with Gasteiger partial charge in [-0.25, -0.2) is 9.78 Å². The molecule has 6 nitrogen and oxygen atoms in total. The fourth-order valence-electron chi connectivity index (χ4n) is 4.90. The van der Waals surface area contributed by atoms with Gasteiger partial charge < -0.3 is 9.15 Å². The molecular formula is C29H24N2O4S. The van der Waals surface area contributed by atoms with E-state index in [-0.39, 0.29) is 11.2 Å². The normalized spacial score (nSPS) is 12.8. The molecule has 3 aromatic carbocycles. The number of aryl methyl sites for hydroxylation is 2. The van der Waals surface area contributed by atoms with Crippen LogP contribution in [0.25, 0.3) is 27.6 Å². The van der Waals surface area contributed by atoms with Crippen LogP contribution in [0.1, 0.15) is 30.0 Å². The van der Waals surface area contributed by atoms with Crippen molar-refractivity contribution in [2.45, 2.75) is 37.1 Å². The highest BCUT2D eigenvalue weighted by molar-refractivity contribution is 7.98. The number of nitrogens with zero attached hydrogens (tertiary/aromatic N) is 2. The molecule has 0 amide bonds. The second kappa shape index (κ2) is 9.32. The quantitative estimate of drug-likeness (QED) is 0.171. The van der Waals surface area contributed by atoms with Gasteiger partial charge in [0.1, 0.15) is 11.3 Å². The zero-order chi connectivity index (χ0) is 24.6. The number of hydrogen-bond acceptors (Lipinski definition) is 6. The average Bonchev–Trinajstić information content (AvgIpc) is 3.34. The summed E-state index contributed by atoms with van der Waals surface area (Å²) in [5.41, 5.74) is 4.79. The first kappa shape index (κ1) is 22.6. The third-order valence-electron chi connectivity index (χ3n) is 6.55. The molecule has 0 fully saturated rings. The molecule has 7 heteroatoms. The van der Waals surface area contributed by atoms with Gasteiger partial charge in [-0.3, -0.25) is 9.36 Å². The van der Waals surface area contributed by atoms with Crippen LogP contribution in [0.3, 0.4) is 0 Å². The van der Waals surface area contributed by atoms with E-state index in [1.807, 2.05) is 55.5 Å². The Hall–Kier alpha value is -3.84. The molecule has 0 spiro atoms. The van der Waals surface area contributed by atoms with E-state index in [4.69, 9.17) is 14.1 Å². The number of thioether (sulfide) groups is 1. The van der Waals surface area contributed by atoms with E-state index >= 15 is 0 Å². The lowest BCUT2D eigenvalue weighted by Crippen LogP contribution is -2.22. The first-order chi connectivity index (χ1) is 17.6. The van der Waals surface area contributed by atoms with Crippen molar-refractivity contribution in [1.29, 1.82) is 0 Å². The van der Waals surface area contributed by atoms with Crippen LogP contribution in [-0.4, -0.2) is 16.2 Å². The molecule has 1 aliphatic rings. The monoisotopic (exact) mass is 496 g/mol. The molecule has 36 heavy (non-hydrogen) atoms. The minimum absolute atomic E-state index is 0.162. The minimum atomic E-state index is -0.374. The van der Waals surface area contributed by atoms with Gasteiger partial charge in [0, 0.05) is 17.2 Å². The van der Waals surface area contributed by atoms with Crippen molar-refractivity contribution < 1.29 is 9.15 Å². The number of fused-ring (bicyclic) bond motifs is 3. The van der Waals surface area contributed by atoms with Crippen LogP contribution in [0.4, 0.5) is 0 Å². The van der Waals surface area contributed by atoms with E-state index in [1.165, 1.54) is 22.9 Å². The number of ether oxygens (including phenoxy) is 1. The summed E-state index contributed by atoms with van der Waals surface area (Å²) in [6.07, 6.45) is 3.17. The fourth-order valence-corrected chi connectivity index (χ4v) is 5.89. The Morgan fingerprint density at radius 2 is 1.75 bits per heavy atom. The van der Waals surface area contributed by atoms with Crippen LogP contribution in [0.5, 0.6) is 5.75 Å². The summed E-state index contributed by atoms with van der Waals surface area (Å²) in [6, 6.07) is 20.5. The Balaban J connectivity index is 1.49. The second-order valence-corrected chi connectivity index (χ2v) is 9.75. The van der Waals surface area contributed by atoms with Crippen molar-refractivity contribution in [1.82, 2.24) is 9.55 Å². The zero-order valence-electron chi connectivity index (χ0n) is 19.8. The van der Waals surface area contributed by atoms with Gasteiger partial charge in [0.15, 0.2) is 5.16 Å². The van der Waals surface area contributed by atoms with Crippen LogP contribution in [-0.2, 0) is 18.6 Å². The number of rotatable bonds is 6. The number of benzene rings is 3. The van der Waals surface area contributed by atoms with E-state index in [0.29, 0.717) is 45.4 Å². The lowest BCUT2D eigenvalue weighted by Gasteiger charge is -2.16. The lowest BCUT2D eigenvalue weighted by atomic mass is 10.0. The van der Waals surface area contributed by atoms with E-state index < -0.39 is 0 Å². The van der Waals surface area contributed by atoms with Crippen LogP contribution in [0, 0.1) is 0 Å². The Morgan fingerprint density at radius 1 is 0.972 bits per heavy atom. The van der Waals surface area contributed by atoms with Crippen LogP contribution in [0.2, 0.25) is 0 Å². The predicted octanol–water partition coefficient (Wildman–Crippen LogP) is 5.67. The Kier molecular flexibility index (Phi) is 5.85. The number of aromatic nitrogens is 2. The summed E-state index contributed by atoms with van der Waals surface area (Å²) in [6.45, 7) is 2.39. The fraction of sp³-hybridized carbons (Fsp3) is 0.207. The highest BCUT2D eigenvalue weighted by Gasteiger charge is 2.19. The van der Waals surface area contributed by atoms with E-state index in [9.17, 15) is 9.59 Å². The predicted molar refractivity (Wildman–Crippen MR) is 143 cm³/mol. The third kappa shape index (κ3) is 3.99. The van der Waals surface area contributed by atoms with Crippen molar-refractivity contribution in [3.05, 3.63) is 104 Å². The first-order valence-corrected chi connectivity index (χ1v) is 13.1. The van der Waals surface area contributed by atoms with Crippen molar-refractivity contribution >= 4 is 33.6 Å². The van der Waals surface area contributed by atoms with Gasteiger partial charge in [0.25, 0.3) is 5.56 Å². The minimum Gasteiger partial charge on any atom is -0.492 e. The molecule has 0 atom stereocenters. The maximum absolute atomic E-state index is 13.7. The van der Waals surface area contributed by atoms with Crippen molar-refractivity contribution in [3.63, 3.8) is 0 Å². The first-order valence-electron chi connectivity index (χ1n) is 12.1. The molecule has 6 rings (SSSR count). The highest BCUT2D eigenvalue weighted by atomic mass is 32.2. The van der Waals surface area contributed by atoms with Crippen LogP contribution in [0.15, 0.2) is 85.9 Å². The van der Waals surface area contributed by atoms with Crippen molar-refractivity contribution in [2.24, 2.45) is 0 Å². The van der Waals surface area contributed by atoms with Gasteiger partial charge in [-0.2, -0.15) is 0 Å².